The molecule has 2 aliphatic heterocycles. The molecule has 0 radical (unpaired) electrons. The van der Waals surface area contributed by atoms with Crippen molar-refractivity contribution in [2.24, 2.45) is 5.41 Å². The van der Waals surface area contributed by atoms with Crippen molar-refractivity contribution in [1.29, 1.82) is 0 Å². The molecular formula is C24H34ClN3O4. The van der Waals surface area contributed by atoms with E-state index in [0.717, 1.165) is 70.1 Å². The van der Waals surface area contributed by atoms with E-state index >= 15 is 0 Å². The van der Waals surface area contributed by atoms with Crippen molar-refractivity contribution in [2.75, 3.05) is 36.5 Å². The molecule has 7 nitrogen and oxygen atoms in total. The normalized spacial score (nSPS) is 28.3. The van der Waals surface area contributed by atoms with E-state index in [1.54, 1.807) is 6.07 Å². The number of halogens is 1. The van der Waals surface area contributed by atoms with Gasteiger partial charge >= 0.3 is 6.09 Å². The van der Waals surface area contributed by atoms with Crippen molar-refractivity contribution in [3.8, 4) is 0 Å². The molecule has 1 aromatic rings. The maximum atomic E-state index is 13.5. The average Bonchev–Trinajstić information content (AvgIpc) is 3.08. The number of nitrogens with zero attached hydrogens (tertiary/aromatic N) is 2. The molecule has 176 valence electrons. The van der Waals surface area contributed by atoms with Crippen LogP contribution in [-0.4, -0.2) is 60.4 Å². The standard InChI is InChI=1S/C24H34ClN3O4/c1-2-14-32-23(31)26-17-4-9-21(20(25)15-17)27-12-3-10-24(16-27)11-13-28(22(24)30)18-5-7-19(29)8-6-18/h4,9,15,18-19,29H,2-3,5-8,10-14,16H2,1H3,(H,26,31)/t18?,19?,24-/m0/s1. The molecule has 2 heterocycles. The molecule has 1 saturated carbocycles. The lowest BCUT2D eigenvalue weighted by Gasteiger charge is -2.41. The number of aliphatic hydroxyl groups is 1. The molecule has 0 aromatic heterocycles. The third-order valence-corrected chi connectivity index (χ3v) is 7.50. The molecule has 1 spiro atoms. The average molecular weight is 464 g/mol. The van der Waals surface area contributed by atoms with Gasteiger partial charge in [-0.15, -0.1) is 0 Å². The molecule has 2 amide bonds. The van der Waals surface area contributed by atoms with Gasteiger partial charge in [0, 0.05) is 31.4 Å². The number of nitrogens with one attached hydrogen (secondary N) is 1. The van der Waals surface area contributed by atoms with Crippen molar-refractivity contribution in [1.82, 2.24) is 4.90 Å². The SMILES string of the molecule is CCCOC(=O)Nc1ccc(N2CCC[C@]3(CCN(C4CCC(O)CC4)C3=O)C2)c(Cl)c1. The highest BCUT2D eigenvalue weighted by atomic mass is 35.5. The van der Waals surface area contributed by atoms with Crippen LogP contribution in [0, 0.1) is 5.41 Å². The molecule has 2 N–H and O–H groups in total. The van der Waals surface area contributed by atoms with E-state index in [1.165, 1.54) is 0 Å². The van der Waals surface area contributed by atoms with E-state index in [0.29, 0.717) is 23.9 Å². The second kappa shape index (κ2) is 9.87. The number of aliphatic hydroxyl groups excluding tert-OH is 1. The van der Waals surface area contributed by atoms with Gasteiger partial charge in [-0.25, -0.2) is 4.79 Å². The molecule has 1 aliphatic carbocycles. The van der Waals surface area contributed by atoms with Crippen molar-refractivity contribution < 1.29 is 19.4 Å². The summed E-state index contributed by atoms with van der Waals surface area (Å²) in [4.78, 5) is 29.6. The van der Waals surface area contributed by atoms with Crippen LogP contribution in [0.15, 0.2) is 18.2 Å². The number of anilines is 2. The molecule has 32 heavy (non-hydrogen) atoms. The third-order valence-electron chi connectivity index (χ3n) is 7.20. The number of ether oxygens (including phenoxy) is 1. The van der Waals surface area contributed by atoms with Crippen LogP contribution in [0.3, 0.4) is 0 Å². The van der Waals surface area contributed by atoms with Crippen LogP contribution >= 0.6 is 11.6 Å². The van der Waals surface area contributed by atoms with Crippen molar-refractivity contribution in [2.45, 2.75) is 70.4 Å². The molecule has 4 rings (SSSR count). The highest BCUT2D eigenvalue weighted by Gasteiger charge is 2.50. The molecule has 3 aliphatic rings. The zero-order valence-corrected chi connectivity index (χ0v) is 19.6. The first-order chi connectivity index (χ1) is 15.4. The lowest BCUT2D eigenvalue weighted by atomic mass is 9.78. The van der Waals surface area contributed by atoms with Crippen LogP contribution < -0.4 is 10.2 Å². The highest BCUT2D eigenvalue weighted by molar-refractivity contribution is 6.33. The topological polar surface area (TPSA) is 82.1 Å². The number of benzene rings is 1. The summed E-state index contributed by atoms with van der Waals surface area (Å²) in [5.74, 6) is 0.275. The Bertz CT molecular complexity index is 843. The second-order valence-electron chi connectivity index (χ2n) is 9.44. The maximum Gasteiger partial charge on any atom is 0.411 e. The first-order valence-corrected chi connectivity index (χ1v) is 12.3. The van der Waals surface area contributed by atoms with Gasteiger partial charge in [-0.3, -0.25) is 10.1 Å². The number of carbonyl (C=O) groups is 2. The fraction of sp³-hybridized carbons (Fsp3) is 0.667. The largest absolute Gasteiger partial charge is 0.449 e. The number of hydrogen-bond donors (Lipinski definition) is 2. The molecule has 1 atom stereocenters. The van der Waals surface area contributed by atoms with Crippen LogP contribution in [0.5, 0.6) is 0 Å². The predicted molar refractivity (Wildman–Crippen MR) is 125 cm³/mol. The van der Waals surface area contributed by atoms with Crippen molar-refractivity contribution in [3.05, 3.63) is 23.2 Å². The zero-order chi connectivity index (χ0) is 22.7. The predicted octanol–water partition coefficient (Wildman–Crippen LogP) is 4.42. The summed E-state index contributed by atoms with van der Waals surface area (Å²) in [5.41, 5.74) is 1.14. The summed E-state index contributed by atoms with van der Waals surface area (Å²) in [6.45, 7) is 4.65. The Balaban J connectivity index is 1.42. The van der Waals surface area contributed by atoms with E-state index in [2.05, 4.69) is 15.1 Å². The zero-order valence-electron chi connectivity index (χ0n) is 18.8. The molecule has 2 saturated heterocycles. The summed E-state index contributed by atoms with van der Waals surface area (Å²) < 4.78 is 5.06. The smallest absolute Gasteiger partial charge is 0.411 e. The monoisotopic (exact) mass is 463 g/mol. The first-order valence-electron chi connectivity index (χ1n) is 11.9. The summed E-state index contributed by atoms with van der Waals surface area (Å²) in [5, 5.41) is 13.1. The van der Waals surface area contributed by atoms with Gasteiger partial charge in [0.1, 0.15) is 0 Å². The van der Waals surface area contributed by atoms with Crippen LogP contribution in [0.1, 0.15) is 58.3 Å². The van der Waals surface area contributed by atoms with Gasteiger partial charge in [-0.2, -0.15) is 0 Å². The number of hydrogen-bond acceptors (Lipinski definition) is 5. The number of rotatable bonds is 5. The molecule has 0 unspecified atom stereocenters. The van der Waals surface area contributed by atoms with Gasteiger partial charge in [0.2, 0.25) is 5.91 Å². The Kier molecular flexibility index (Phi) is 7.15. The quantitative estimate of drug-likeness (QED) is 0.675. The summed E-state index contributed by atoms with van der Waals surface area (Å²) in [6.07, 6.45) is 6.17. The van der Waals surface area contributed by atoms with Gasteiger partial charge in [0.05, 0.1) is 28.8 Å². The third kappa shape index (κ3) is 4.84. The van der Waals surface area contributed by atoms with E-state index < -0.39 is 6.09 Å². The lowest BCUT2D eigenvalue weighted by molar-refractivity contribution is -0.139. The van der Waals surface area contributed by atoms with Crippen molar-refractivity contribution in [3.63, 3.8) is 0 Å². The summed E-state index contributed by atoms with van der Waals surface area (Å²) in [6, 6.07) is 5.74. The summed E-state index contributed by atoms with van der Waals surface area (Å²) >= 11 is 6.59. The number of likely N-dealkylation sites (tertiary alicyclic amines) is 1. The number of amides is 2. The minimum atomic E-state index is -0.487. The Labute approximate surface area is 195 Å². The van der Waals surface area contributed by atoms with Crippen molar-refractivity contribution >= 4 is 35.0 Å². The van der Waals surface area contributed by atoms with Crippen LogP contribution in [0.4, 0.5) is 16.2 Å². The molecule has 0 bridgehead atoms. The number of carbonyl (C=O) groups excluding carboxylic acids is 2. The Morgan fingerprint density at radius 2 is 2.03 bits per heavy atom. The molecule has 8 heteroatoms. The Morgan fingerprint density at radius 3 is 2.75 bits per heavy atom. The van der Waals surface area contributed by atoms with Gasteiger partial charge < -0.3 is 19.6 Å². The van der Waals surface area contributed by atoms with Gasteiger partial charge in [0.25, 0.3) is 0 Å². The molecular weight excluding hydrogens is 430 g/mol. The second-order valence-corrected chi connectivity index (χ2v) is 9.85. The van der Waals surface area contributed by atoms with E-state index in [4.69, 9.17) is 16.3 Å². The summed E-state index contributed by atoms with van der Waals surface area (Å²) in [7, 11) is 0. The molecule has 3 fully saturated rings. The first kappa shape index (κ1) is 23.2. The van der Waals surface area contributed by atoms with Crippen LogP contribution in [0.25, 0.3) is 0 Å². The Morgan fingerprint density at radius 1 is 1.25 bits per heavy atom. The minimum Gasteiger partial charge on any atom is -0.449 e. The van der Waals surface area contributed by atoms with Gasteiger partial charge in [-0.05, 0) is 69.6 Å². The maximum absolute atomic E-state index is 13.5. The highest BCUT2D eigenvalue weighted by Crippen LogP contribution is 2.44. The molecule has 1 aromatic carbocycles. The van der Waals surface area contributed by atoms with Crippen LogP contribution in [0.2, 0.25) is 5.02 Å². The number of piperidine rings is 1. The minimum absolute atomic E-state index is 0.212. The fourth-order valence-corrected chi connectivity index (χ4v) is 5.77. The van der Waals surface area contributed by atoms with Gasteiger partial charge in [-0.1, -0.05) is 18.5 Å². The Hall–Kier alpha value is -1.99. The van der Waals surface area contributed by atoms with Crippen LogP contribution in [-0.2, 0) is 9.53 Å². The van der Waals surface area contributed by atoms with Gasteiger partial charge in [0.15, 0.2) is 0 Å². The van der Waals surface area contributed by atoms with E-state index in [9.17, 15) is 14.7 Å². The fourth-order valence-electron chi connectivity index (χ4n) is 5.47. The van der Waals surface area contributed by atoms with E-state index in [1.807, 2.05) is 19.1 Å². The van der Waals surface area contributed by atoms with E-state index in [-0.39, 0.29) is 23.5 Å². The lowest BCUT2D eigenvalue weighted by Crippen LogP contribution is -2.50.